The summed E-state index contributed by atoms with van der Waals surface area (Å²) in [5.41, 5.74) is 2.36. The first-order valence-corrected chi connectivity index (χ1v) is 10.7. The number of hydrogen-bond acceptors (Lipinski definition) is 5. The predicted molar refractivity (Wildman–Crippen MR) is 117 cm³/mol. The van der Waals surface area contributed by atoms with Crippen LogP contribution in [-0.4, -0.2) is 48.5 Å². The quantitative estimate of drug-likeness (QED) is 0.741. The van der Waals surface area contributed by atoms with E-state index in [0.717, 1.165) is 16.9 Å². The van der Waals surface area contributed by atoms with E-state index in [1.165, 1.54) is 0 Å². The second-order valence-electron chi connectivity index (χ2n) is 8.58. The van der Waals surface area contributed by atoms with Crippen molar-refractivity contribution in [2.75, 3.05) is 20.2 Å². The molecule has 1 unspecified atom stereocenters. The molecule has 1 fully saturated rings. The Hall–Kier alpha value is -3.02. The molecule has 0 N–H and O–H groups in total. The van der Waals surface area contributed by atoms with E-state index in [1.807, 2.05) is 30.9 Å². The lowest BCUT2D eigenvalue weighted by molar-refractivity contribution is -0.141. The number of piperidine rings is 1. The molecule has 2 aromatic rings. The number of methoxy groups -OCH3 is 1. The van der Waals surface area contributed by atoms with Gasteiger partial charge in [-0.25, -0.2) is 0 Å². The van der Waals surface area contributed by atoms with Crippen molar-refractivity contribution in [1.29, 1.82) is 0 Å². The number of likely N-dealkylation sites (tertiary alicyclic amines) is 1. The SMILES string of the molecule is COc1ccc(OC(C)C(=O)N2CCC3(CC2)CC(=O)c2cc(C)c(C)cc2O3)cc1. The van der Waals surface area contributed by atoms with Crippen molar-refractivity contribution in [2.24, 2.45) is 0 Å². The number of nitrogens with zero attached hydrogens (tertiary/aromatic N) is 1. The Morgan fingerprint density at radius 1 is 1.06 bits per heavy atom. The first kappa shape index (κ1) is 21.2. The molecule has 2 heterocycles. The Labute approximate surface area is 183 Å². The van der Waals surface area contributed by atoms with Crippen LogP contribution in [0.3, 0.4) is 0 Å². The van der Waals surface area contributed by atoms with Gasteiger partial charge < -0.3 is 19.1 Å². The van der Waals surface area contributed by atoms with Crippen molar-refractivity contribution < 1.29 is 23.8 Å². The topological polar surface area (TPSA) is 65.1 Å². The molecule has 6 heteroatoms. The van der Waals surface area contributed by atoms with Crippen molar-refractivity contribution in [3.8, 4) is 17.2 Å². The molecule has 0 bridgehead atoms. The van der Waals surface area contributed by atoms with Crippen molar-refractivity contribution in [1.82, 2.24) is 4.90 Å². The van der Waals surface area contributed by atoms with Crippen LogP contribution in [0.5, 0.6) is 17.2 Å². The van der Waals surface area contributed by atoms with Gasteiger partial charge in [-0.05, 0) is 68.3 Å². The smallest absolute Gasteiger partial charge is 0.263 e. The highest BCUT2D eigenvalue weighted by atomic mass is 16.5. The summed E-state index contributed by atoms with van der Waals surface area (Å²) in [6, 6.07) is 11.1. The lowest BCUT2D eigenvalue weighted by atomic mass is 9.82. The minimum absolute atomic E-state index is 0.0559. The zero-order chi connectivity index (χ0) is 22.2. The van der Waals surface area contributed by atoms with E-state index in [4.69, 9.17) is 14.2 Å². The summed E-state index contributed by atoms with van der Waals surface area (Å²) in [4.78, 5) is 27.5. The standard InChI is InChI=1S/C25H29NO5/c1-16-13-21-22(27)15-25(31-23(21)14-17(16)2)9-11-26(12-10-25)24(28)18(3)30-20-7-5-19(29-4)6-8-20/h5-8,13-14,18H,9-12,15H2,1-4H3. The van der Waals surface area contributed by atoms with Gasteiger partial charge >= 0.3 is 0 Å². The molecule has 1 saturated heterocycles. The zero-order valence-corrected chi connectivity index (χ0v) is 18.6. The molecule has 0 aliphatic carbocycles. The average Bonchev–Trinajstić information content (AvgIpc) is 2.76. The van der Waals surface area contributed by atoms with Gasteiger partial charge in [-0.1, -0.05) is 0 Å². The molecule has 164 valence electrons. The Morgan fingerprint density at radius 3 is 2.32 bits per heavy atom. The van der Waals surface area contributed by atoms with Crippen molar-refractivity contribution in [3.05, 3.63) is 53.1 Å². The van der Waals surface area contributed by atoms with E-state index in [1.54, 1.807) is 38.3 Å². The fraction of sp³-hybridized carbons (Fsp3) is 0.440. The number of Topliss-reactive ketones (excluding diaryl/α,β-unsaturated/α-hetero) is 1. The molecule has 1 spiro atoms. The summed E-state index contributed by atoms with van der Waals surface area (Å²) in [7, 11) is 1.61. The summed E-state index contributed by atoms with van der Waals surface area (Å²) >= 11 is 0. The number of amides is 1. The fourth-order valence-electron chi connectivity index (χ4n) is 4.33. The van der Waals surface area contributed by atoms with Gasteiger partial charge in [0.05, 0.1) is 19.1 Å². The van der Waals surface area contributed by atoms with Crippen LogP contribution in [0.1, 0.15) is 47.7 Å². The second-order valence-corrected chi connectivity index (χ2v) is 8.58. The number of hydrogen-bond donors (Lipinski definition) is 0. The monoisotopic (exact) mass is 423 g/mol. The minimum Gasteiger partial charge on any atom is -0.497 e. The Morgan fingerprint density at radius 2 is 1.68 bits per heavy atom. The third-order valence-electron chi connectivity index (χ3n) is 6.41. The Balaban J connectivity index is 1.39. The van der Waals surface area contributed by atoms with E-state index >= 15 is 0 Å². The summed E-state index contributed by atoms with van der Waals surface area (Å²) in [5.74, 6) is 2.11. The molecule has 1 amide bonds. The molecular weight excluding hydrogens is 394 g/mol. The van der Waals surface area contributed by atoms with E-state index in [0.29, 0.717) is 49.4 Å². The van der Waals surface area contributed by atoms with Crippen LogP contribution in [0.2, 0.25) is 0 Å². The number of rotatable bonds is 4. The molecule has 1 atom stereocenters. The highest BCUT2D eigenvalue weighted by Crippen LogP contribution is 2.40. The van der Waals surface area contributed by atoms with Crippen LogP contribution in [0, 0.1) is 13.8 Å². The third kappa shape index (κ3) is 4.24. The molecule has 2 aromatic carbocycles. The number of ether oxygens (including phenoxy) is 3. The van der Waals surface area contributed by atoms with Gasteiger partial charge in [-0.15, -0.1) is 0 Å². The number of benzene rings is 2. The molecule has 0 saturated carbocycles. The number of carbonyl (C=O) groups is 2. The van der Waals surface area contributed by atoms with Crippen LogP contribution in [0.4, 0.5) is 0 Å². The number of carbonyl (C=O) groups excluding carboxylic acids is 2. The lowest BCUT2D eigenvalue weighted by Gasteiger charge is -2.44. The third-order valence-corrected chi connectivity index (χ3v) is 6.41. The van der Waals surface area contributed by atoms with Crippen molar-refractivity contribution >= 4 is 11.7 Å². The normalized spacial score (nSPS) is 18.2. The molecule has 0 radical (unpaired) electrons. The lowest BCUT2D eigenvalue weighted by Crippen LogP contribution is -2.54. The van der Waals surface area contributed by atoms with Crippen LogP contribution in [0.25, 0.3) is 0 Å². The molecular formula is C25H29NO5. The molecule has 4 rings (SSSR count). The Bertz CT molecular complexity index is 990. The van der Waals surface area contributed by atoms with E-state index in [-0.39, 0.29) is 11.7 Å². The zero-order valence-electron chi connectivity index (χ0n) is 18.6. The average molecular weight is 424 g/mol. The molecule has 2 aliphatic heterocycles. The summed E-state index contributed by atoms with van der Waals surface area (Å²) in [6.07, 6.45) is 1.03. The van der Waals surface area contributed by atoms with E-state index < -0.39 is 11.7 Å². The van der Waals surface area contributed by atoms with Crippen LogP contribution >= 0.6 is 0 Å². The Kier molecular flexibility index (Phi) is 5.65. The largest absolute Gasteiger partial charge is 0.497 e. The first-order valence-electron chi connectivity index (χ1n) is 10.7. The molecule has 6 nitrogen and oxygen atoms in total. The summed E-state index contributed by atoms with van der Waals surface area (Å²) < 4.78 is 17.3. The molecule has 0 aromatic heterocycles. The highest BCUT2D eigenvalue weighted by molar-refractivity contribution is 6.00. The van der Waals surface area contributed by atoms with Gasteiger partial charge in [0, 0.05) is 25.9 Å². The van der Waals surface area contributed by atoms with Crippen molar-refractivity contribution in [2.45, 2.75) is 51.7 Å². The number of fused-ring (bicyclic) bond motifs is 1. The van der Waals surface area contributed by atoms with Crippen LogP contribution < -0.4 is 14.2 Å². The second kappa shape index (κ2) is 8.25. The minimum atomic E-state index is -0.595. The van der Waals surface area contributed by atoms with Gasteiger partial charge in [0.1, 0.15) is 22.8 Å². The number of ketones is 1. The fourth-order valence-corrected chi connectivity index (χ4v) is 4.33. The summed E-state index contributed by atoms with van der Waals surface area (Å²) in [5, 5.41) is 0. The molecule has 31 heavy (non-hydrogen) atoms. The van der Waals surface area contributed by atoms with Gasteiger partial charge in [0.25, 0.3) is 5.91 Å². The molecule has 2 aliphatic rings. The van der Waals surface area contributed by atoms with E-state index in [9.17, 15) is 9.59 Å². The maximum absolute atomic E-state index is 12.9. The summed E-state index contributed by atoms with van der Waals surface area (Å²) in [6.45, 7) is 6.88. The van der Waals surface area contributed by atoms with Crippen LogP contribution in [-0.2, 0) is 4.79 Å². The maximum atomic E-state index is 12.9. The van der Waals surface area contributed by atoms with Crippen LogP contribution in [0.15, 0.2) is 36.4 Å². The van der Waals surface area contributed by atoms with Gasteiger partial charge in [-0.2, -0.15) is 0 Å². The van der Waals surface area contributed by atoms with Crippen molar-refractivity contribution in [3.63, 3.8) is 0 Å². The maximum Gasteiger partial charge on any atom is 0.263 e. The predicted octanol–water partition coefficient (Wildman–Crippen LogP) is 4.11. The van der Waals surface area contributed by atoms with Gasteiger partial charge in [-0.3, -0.25) is 9.59 Å². The highest BCUT2D eigenvalue weighted by Gasteiger charge is 2.44. The van der Waals surface area contributed by atoms with Gasteiger partial charge in [0.2, 0.25) is 0 Å². The van der Waals surface area contributed by atoms with Gasteiger partial charge in [0.15, 0.2) is 11.9 Å². The van der Waals surface area contributed by atoms with E-state index in [2.05, 4.69) is 0 Å². The first-order chi connectivity index (χ1) is 14.8. The number of aryl methyl sites for hydroxylation is 2.